The van der Waals surface area contributed by atoms with Crippen molar-refractivity contribution >= 4 is 34.6 Å². The molecule has 0 radical (unpaired) electrons. The standard InChI is InChI=1S/C23H24ClN3O3/c1-3-30-20-14-15(13-16(24)22(20)29-2)10-11-21(28)27-12-6-9-19(27)23-25-17-7-4-5-8-18(17)26-23/h4-5,7-8,10-11,13-14,19H,3,6,9,12H2,1-2H3,(H,25,26). The van der Waals surface area contributed by atoms with Gasteiger partial charge in [-0.1, -0.05) is 23.7 Å². The number of hydrogen-bond acceptors (Lipinski definition) is 4. The monoisotopic (exact) mass is 425 g/mol. The molecule has 1 N–H and O–H groups in total. The minimum atomic E-state index is -0.0529. The third-order valence-corrected chi connectivity index (χ3v) is 5.49. The molecule has 4 rings (SSSR count). The number of amides is 1. The first-order valence-electron chi connectivity index (χ1n) is 10.0. The Hall–Kier alpha value is -2.99. The molecule has 1 aliphatic heterocycles. The second-order valence-electron chi connectivity index (χ2n) is 7.13. The number of carbonyl (C=O) groups excluding carboxylic acids is 1. The van der Waals surface area contributed by atoms with Crippen LogP contribution in [-0.2, 0) is 4.79 Å². The molecular formula is C23H24ClN3O3. The highest BCUT2D eigenvalue weighted by molar-refractivity contribution is 6.32. The van der Waals surface area contributed by atoms with Gasteiger partial charge in [0.25, 0.3) is 0 Å². The number of likely N-dealkylation sites (tertiary alicyclic amines) is 1. The average molecular weight is 426 g/mol. The minimum absolute atomic E-state index is 0.0482. The van der Waals surface area contributed by atoms with E-state index in [0.29, 0.717) is 29.7 Å². The fraction of sp³-hybridized carbons (Fsp3) is 0.304. The van der Waals surface area contributed by atoms with Crippen molar-refractivity contribution in [1.29, 1.82) is 0 Å². The number of aromatic amines is 1. The summed E-state index contributed by atoms with van der Waals surface area (Å²) in [5.74, 6) is 1.83. The maximum Gasteiger partial charge on any atom is 0.247 e. The number of fused-ring (bicyclic) bond motifs is 1. The molecule has 1 fully saturated rings. The Morgan fingerprint density at radius 3 is 2.97 bits per heavy atom. The summed E-state index contributed by atoms with van der Waals surface area (Å²) in [6.07, 6.45) is 5.17. The smallest absolute Gasteiger partial charge is 0.247 e. The number of benzene rings is 2. The number of methoxy groups -OCH3 is 1. The van der Waals surface area contributed by atoms with E-state index in [1.54, 1.807) is 25.3 Å². The first-order chi connectivity index (χ1) is 14.6. The number of ether oxygens (including phenoxy) is 2. The van der Waals surface area contributed by atoms with Crippen LogP contribution in [0.25, 0.3) is 17.1 Å². The van der Waals surface area contributed by atoms with Crippen LogP contribution in [0.15, 0.2) is 42.5 Å². The number of para-hydroxylation sites is 2. The van der Waals surface area contributed by atoms with Gasteiger partial charge in [0, 0.05) is 12.6 Å². The maximum absolute atomic E-state index is 12.9. The molecule has 156 valence electrons. The zero-order valence-corrected chi connectivity index (χ0v) is 17.8. The molecule has 2 aromatic carbocycles. The van der Waals surface area contributed by atoms with Gasteiger partial charge in [0.05, 0.1) is 35.8 Å². The lowest BCUT2D eigenvalue weighted by molar-refractivity contribution is -0.126. The van der Waals surface area contributed by atoms with E-state index in [2.05, 4.69) is 9.97 Å². The number of rotatable bonds is 6. The minimum Gasteiger partial charge on any atom is -0.491 e. The van der Waals surface area contributed by atoms with Gasteiger partial charge in [-0.3, -0.25) is 4.79 Å². The molecule has 0 spiro atoms. The molecule has 1 amide bonds. The van der Waals surface area contributed by atoms with Gasteiger partial charge in [-0.25, -0.2) is 4.98 Å². The number of nitrogens with zero attached hydrogens (tertiary/aromatic N) is 2. The van der Waals surface area contributed by atoms with Crippen molar-refractivity contribution in [2.75, 3.05) is 20.3 Å². The molecule has 0 saturated carbocycles. The number of carbonyl (C=O) groups is 1. The fourth-order valence-electron chi connectivity index (χ4n) is 3.85. The Morgan fingerprint density at radius 2 is 2.20 bits per heavy atom. The third-order valence-electron chi connectivity index (χ3n) is 5.21. The molecule has 0 aliphatic carbocycles. The van der Waals surface area contributed by atoms with E-state index in [9.17, 15) is 4.79 Å². The molecular weight excluding hydrogens is 402 g/mol. The summed E-state index contributed by atoms with van der Waals surface area (Å²) in [6, 6.07) is 11.4. The van der Waals surface area contributed by atoms with Gasteiger partial charge in [0.1, 0.15) is 5.82 Å². The van der Waals surface area contributed by atoms with Crippen molar-refractivity contribution in [2.24, 2.45) is 0 Å². The van der Waals surface area contributed by atoms with Gasteiger partial charge >= 0.3 is 0 Å². The summed E-state index contributed by atoms with van der Waals surface area (Å²) >= 11 is 6.31. The van der Waals surface area contributed by atoms with Crippen LogP contribution < -0.4 is 9.47 Å². The second kappa shape index (κ2) is 8.79. The molecule has 1 unspecified atom stereocenters. The van der Waals surface area contributed by atoms with Crippen LogP contribution in [0, 0.1) is 0 Å². The van der Waals surface area contributed by atoms with E-state index >= 15 is 0 Å². The van der Waals surface area contributed by atoms with E-state index < -0.39 is 0 Å². The van der Waals surface area contributed by atoms with E-state index in [1.807, 2.05) is 42.2 Å². The Morgan fingerprint density at radius 1 is 1.37 bits per heavy atom. The molecule has 1 atom stereocenters. The second-order valence-corrected chi connectivity index (χ2v) is 7.54. The van der Waals surface area contributed by atoms with E-state index in [1.165, 1.54) is 0 Å². The van der Waals surface area contributed by atoms with E-state index in [4.69, 9.17) is 21.1 Å². The lowest BCUT2D eigenvalue weighted by Gasteiger charge is -2.21. The normalized spacial score (nSPS) is 16.5. The molecule has 2 heterocycles. The van der Waals surface area contributed by atoms with Gasteiger partial charge in [-0.05, 0) is 55.7 Å². The first-order valence-corrected chi connectivity index (χ1v) is 10.4. The van der Waals surface area contributed by atoms with Crippen molar-refractivity contribution in [3.05, 3.63) is 58.9 Å². The van der Waals surface area contributed by atoms with Crippen LogP contribution in [0.2, 0.25) is 5.02 Å². The fourth-order valence-corrected chi connectivity index (χ4v) is 4.15. The number of halogens is 1. The van der Waals surface area contributed by atoms with Crippen LogP contribution >= 0.6 is 11.6 Å². The van der Waals surface area contributed by atoms with Crippen LogP contribution in [0.3, 0.4) is 0 Å². The molecule has 1 saturated heterocycles. The Labute approximate surface area is 180 Å². The van der Waals surface area contributed by atoms with Gasteiger partial charge < -0.3 is 19.4 Å². The molecule has 1 aromatic heterocycles. The van der Waals surface area contributed by atoms with E-state index in [0.717, 1.165) is 35.3 Å². The molecule has 7 heteroatoms. The van der Waals surface area contributed by atoms with Crippen molar-refractivity contribution in [2.45, 2.75) is 25.8 Å². The van der Waals surface area contributed by atoms with Gasteiger partial charge in [0.2, 0.25) is 5.91 Å². The zero-order valence-electron chi connectivity index (χ0n) is 17.0. The molecule has 3 aromatic rings. The van der Waals surface area contributed by atoms with Gasteiger partial charge in [-0.2, -0.15) is 0 Å². The van der Waals surface area contributed by atoms with Gasteiger partial charge in [0.15, 0.2) is 11.5 Å². The number of hydrogen-bond donors (Lipinski definition) is 1. The quantitative estimate of drug-likeness (QED) is 0.564. The average Bonchev–Trinajstić information content (AvgIpc) is 3.39. The number of imidazole rings is 1. The SMILES string of the molecule is CCOc1cc(C=CC(=O)N2CCCC2c2nc3ccccc3[nH]2)cc(Cl)c1OC. The highest BCUT2D eigenvalue weighted by Crippen LogP contribution is 2.37. The highest BCUT2D eigenvalue weighted by Gasteiger charge is 2.31. The summed E-state index contributed by atoms with van der Waals surface area (Å²) in [5, 5.41) is 0.442. The van der Waals surface area contributed by atoms with Crippen molar-refractivity contribution < 1.29 is 14.3 Å². The maximum atomic E-state index is 12.9. The Balaban J connectivity index is 1.54. The van der Waals surface area contributed by atoms with Crippen molar-refractivity contribution in [3.63, 3.8) is 0 Å². The summed E-state index contributed by atoms with van der Waals surface area (Å²) in [4.78, 5) is 22.9. The highest BCUT2D eigenvalue weighted by atomic mass is 35.5. The molecule has 0 bridgehead atoms. The van der Waals surface area contributed by atoms with E-state index in [-0.39, 0.29) is 11.9 Å². The first kappa shape index (κ1) is 20.3. The van der Waals surface area contributed by atoms with Crippen LogP contribution in [0.1, 0.15) is 37.2 Å². The number of aromatic nitrogens is 2. The summed E-state index contributed by atoms with van der Waals surface area (Å²) in [6.45, 7) is 3.09. The predicted molar refractivity (Wildman–Crippen MR) is 118 cm³/mol. The lowest BCUT2D eigenvalue weighted by Crippen LogP contribution is -2.29. The topological polar surface area (TPSA) is 67.5 Å². The summed E-state index contributed by atoms with van der Waals surface area (Å²) < 4.78 is 10.9. The number of H-pyrrole nitrogens is 1. The van der Waals surface area contributed by atoms with Crippen LogP contribution in [-0.4, -0.2) is 41.0 Å². The molecule has 1 aliphatic rings. The van der Waals surface area contributed by atoms with Crippen molar-refractivity contribution in [1.82, 2.24) is 14.9 Å². The van der Waals surface area contributed by atoms with Crippen LogP contribution in [0.4, 0.5) is 0 Å². The summed E-state index contributed by atoms with van der Waals surface area (Å²) in [5.41, 5.74) is 2.68. The lowest BCUT2D eigenvalue weighted by atomic mass is 10.1. The summed E-state index contributed by atoms with van der Waals surface area (Å²) in [7, 11) is 1.55. The number of nitrogens with one attached hydrogen (secondary N) is 1. The Kier molecular flexibility index (Phi) is 5.95. The molecule has 30 heavy (non-hydrogen) atoms. The molecule has 6 nitrogen and oxygen atoms in total. The zero-order chi connectivity index (χ0) is 21.1. The third kappa shape index (κ3) is 4.00. The van der Waals surface area contributed by atoms with Gasteiger partial charge in [-0.15, -0.1) is 0 Å². The largest absolute Gasteiger partial charge is 0.491 e. The van der Waals surface area contributed by atoms with Crippen molar-refractivity contribution in [3.8, 4) is 11.5 Å². The Bertz CT molecular complexity index is 1060. The predicted octanol–water partition coefficient (Wildman–Crippen LogP) is 5.00. The van der Waals surface area contributed by atoms with Crippen LogP contribution in [0.5, 0.6) is 11.5 Å².